The lowest BCUT2D eigenvalue weighted by Crippen LogP contribution is -2.53. The third kappa shape index (κ3) is 10.4. The van der Waals surface area contributed by atoms with Crippen molar-refractivity contribution in [2.24, 2.45) is 11.8 Å². The molecule has 3 amide bonds. The summed E-state index contributed by atoms with van der Waals surface area (Å²) in [6, 6.07) is 12.3. The highest BCUT2D eigenvalue weighted by molar-refractivity contribution is 6.30. The van der Waals surface area contributed by atoms with Crippen LogP contribution in [-0.4, -0.2) is 48.6 Å². The first-order valence-electron chi connectivity index (χ1n) is 15.6. The number of benzene rings is 2. The number of rotatable bonds is 12. The second-order valence-corrected chi connectivity index (χ2v) is 13.7. The SMILES string of the molecule is COC(=O)C(CC1CC(C)(C)NC1=O)NC(=O)[C@H](CC1CCCCC1)NC(=O)OC(Cc1cccc(Cl)c1)c1cccc(Cl)c1. The predicted octanol–water partition coefficient (Wildman–Crippen LogP) is 6.31. The van der Waals surface area contributed by atoms with Crippen LogP contribution in [0.3, 0.4) is 0 Å². The Balaban J connectivity index is 1.51. The van der Waals surface area contributed by atoms with Gasteiger partial charge in [-0.25, -0.2) is 9.59 Å². The molecule has 11 heteroatoms. The third-order valence-electron chi connectivity index (χ3n) is 8.59. The molecule has 45 heavy (non-hydrogen) atoms. The van der Waals surface area contributed by atoms with Gasteiger partial charge in [0.05, 0.1) is 7.11 Å². The number of nitrogens with one attached hydrogen (secondary N) is 3. The maximum Gasteiger partial charge on any atom is 0.408 e. The van der Waals surface area contributed by atoms with Gasteiger partial charge >= 0.3 is 12.1 Å². The lowest BCUT2D eigenvalue weighted by molar-refractivity contribution is -0.146. The smallest absolute Gasteiger partial charge is 0.408 e. The van der Waals surface area contributed by atoms with E-state index in [-0.39, 0.29) is 18.2 Å². The molecule has 0 spiro atoms. The second kappa shape index (κ2) is 15.8. The molecule has 2 fully saturated rings. The summed E-state index contributed by atoms with van der Waals surface area (Å²) in [4.78, 5) is 52.6. The summed E-state index contributed by atoms with van der Waals surface area (Å²) < 4.78 is 10.9. The summed E-state index contributed by atoms with van der Waals surface area (Å²) >= 11 is 12.5. The molecule has 0 bridgehead atoms. The molecule has 2 aliphatic rings. The fourth-order valence-electron chi connectivity index (χ4n) is 6.40. The minimum atomic E-state index is -1.05. The molecule has 2 aromatic carbocycles. The Hall–Kier alpha value is -3.30. The first kappa shape index (κ1) is 34.6. The van der Waals surface area contributed by atoms with Crippen molar-refractivity contribution in [3.8, 4) is 0 Å². The summed E-state index contributed by atoms with van der Waals surface area (Å²) in [6.07, 6.45) is 4.97. The molecule has 1 aliphatic carbocycles. The van der Waals surface area contributed by atoms with E-state index in [1.807, 2.05) is 32.0 Å². The number of esters is 1. The minimum absolute atomic E-state index is 0.0880. The highest BCUT2D eigenvalue weighted by Crippen LogP contribution is 2.30. The Bertz CT molecular complexity index is 1360. The van der Waals surface area contributed by atoms with E-state index in [9.17, 15) is 19.2 Å². The van der Waals surface area contributed by atoms with E-state index in [1.165, 1.54) is 7.11 Å². The zero-order valence-corrected chi connectivity index (χ0v) is 27.6. The first-order chi connectivity index (χ1) is 21.4. The van der Waals surface area contributed by atoms with Crippen molar-refractivity contribution < 1.29 is 28.7 Å². The van der Waals surface area contributed by atoms with Crippen molar-refractivity contribution >= 4 is 47.1 Å². The molecule has 0 radical (unpaired) electrons. The number of carbonyl (C=O) groups excluding carboxylic acids is 4. The van der Waals surface area contributed by atoms with Crippen LogP contribution in [0.5, 0.6) is 0 Å². The number of methoxy groups -OCH3 is 1. The Morgan fingerprint density at radius 3 is 2.27 bits per heavy atom. The van der Waals surface area contributed by atoms with Gasteiger partial charge in [-0.3, -0.25) is 9.59 Å². The van der Waals surface area contributed by atoms with E-state index >= 15 is 0 Å². The van der Waals surface area contributed by atoms with Crippen LogP contribution in [0.15, 0.2) is 48.5 Å². The molecule has 2 aromatic rings. The normalized spacial score (nSPS) is 19.9. The monoisotopic (exact) mass is 659 g/mol. The highest BCUT2D eigenvalue weighted by atomic mass is 35.5. The Kier molecular flexibility index (Phi) is 12.1. The predicted molar refractivity (Wildman–Crippen MR) is 173 cm³/mol. The molecule has 1 heterocycles. The van der Waals surface area contributed by atoms with Gasteiger partial charge in [0.15, 0.2) is 0 Å². The summed E-state index contributed by atoms with van der Waals surface area (Å²) in [5, 5.41) is 9.55. The van der Waals surface area contributed by atoms with Crippen LogP contribution in [0.4, 0.5) is 4.79 Å². The van der Waals surface area contributed by atoms with Crippen molar-refractivity contribution in [3.05, 3.63) is 69.7 Å². The van der Waals surface area contributed by atoms with Gasteiger partial charge in [-0.15, -0.1) is 0 Å². The highest BCUT2D eigenvalue weighted by Gasteiger charge is 2.41. The second-order valence-electron chi connectivity index (χ2n) is 12.8. The van der Waals surface area contributed by atoms with Crippen LogP contribution in [-0.2, 0) is 30.3 Å². The van der Waals surface area contributed by atoms with Gasteiger partial charge in [-0.05, 0) is 74.4 Å². The van der Waals surface area contributed by atoms with E-state index in [1.54, 1.807) is 30.3 Å². The number of halogens is 2. The van der Waals surface area contributed by atoms with Crippen LogP contribution >= 0.6 is 23.2 Å². The standard InChI is InChI=1S/C34H43Cl2N3O6/c1-34(2)20-24(30(40)39-34)19-28(32(42)44-3)37-31(41)27(16-21-9-5-4-6-10-21)38-33(43)45-29(23-12-8-14-26(36)18-23)17-22-11-7-13-25(35)15-22/h7-8,11-15,18,21,24,27-29H,4-6,9-10,16-17,19-20H2,1-3H3,(H,37,41)(H,38,43)(H,39,40)/t24?,27-,28?,29?/m0/s1. The first-order valence-corrected chi connectivity index (χ1v) is 16.4. The maximum atomic E-state index is 13.8. The van der Waals surface area contributed by atoms with Crippen molar-refractivity contribution in [2.75, 3.05) is 7.11 Å². The van der Waals surface area contributed by atoms with Gasteiger partial charge in [0.1, 0.15) is 18.2 Å². The van der Waals surface area contributed by atoms with Crippen molar-refractivity contribution in [1.82, 2.24) is 16.0 Å². The van der Waals surface area contributed by atoms with Crippen molar-refractivity contribution in [2.45, 2.75) is 95.4 Å². The molecular formula is C34H43Cl2N3O6. The molecule has 1 aliphatic heterocycles. The molecule has 244 valence electrons. The maximum absolute atomic E-state index is 13.8. The van der Waals surface area contributed by atoms with Gasteiger partial charge in [0.25, 0.3) is 0 Å². The van der Waals surface area contributed by atoms with Crippen LogP contribution in [0, 0.1) is 11.8 Å². The molecular weight excluding hydrogens is 617 g/mol. The zero-order chi connectivity index (χ0) is 32.6. The van der Waals surface area contributed by atoms with Crippen LogP contribution in [0.1, 0.15) is 82.4 Å². The van der Waals surface area contributed by atoms with E-state index < -0.39 is 47.6 Å². The molecule has 9 nitrogen and oxygen atoms in total. The number of ether oxygens (including phenoxy) is 2. The van der Waals surface area contributed by atoms with E-state index in [2.05, 4.69) is 16.0 Å². The van der Waals surface area contributed by atoms with Crippen molar-refractivity contribution in [1.29, 1.82) is 0 Å². The Morgan fingerprint density at radius 1 is 0.956 bits per heavy atom. The van der Waals surface area contributed by atoms with E-state index in [4.69, 9.17) is 32.7 Å². The van der Waals surface area contributed by atoms with E-state index in [0.717, 1.165) is 37.7 Å². The largest absolute Gasteiger partial charge is 0.467 e. The number of amides is 3. The average Bonchev–Trinajstić information content (AvgIpc) is 3.26. The van der Waals surface area contributed by atoms with Gasteiger partial charge in [-0.1, -0.05) is 79.6 Å². The quantitative estimate of drug-likeness (QED) is 0.230. The number of alkyl carbamates (subject to hydrolysis) is 1. The Labute approximate surface area is 275 Å². The van der Waals surface area contributed by atoms with Gasteiger partial charge < -0.3 is 25.4 Å². The lowest BCUT2D eigenvalue weighted by atomic mass is 9.84. The molecule has 4 rings (SSSR count). The number of carbonyl (C=O) groups is 4. The Morgan fingerprint density at radius 2 is 1.64 bits per heavy atom. The fourth-order valence-corrected chi connectivity index (χ4v) is 6.82. The van der Waals surface area contributed by atoms with E-state index in [0.29, 0.717) is 34.9 Å². The molecule has 4 atom stereocenters. The number of hydrogen-bond acceptors (Lipinski definition) is 6. The van der Waals surface area contributed by atoms with Gasteiger partial charge in [0.2, 0.25) is 11.8 Å². The summed E-state index contributed by atoms with van der Waals surface area (Å²) in [7, 11) is 1.24. The topological polar surface area (TPSA) is 123 Å². The van der Waals surface area contributed by atoms with Crippen LogP contribution in [0.2, 0.25) is 10.0 Å². The lowest BCUT2D eigenvalue weighted by Gasteiger charge is -2.28. The number of hydrogen-bond donors (Lipinski definition) is 3. The summed E-state index contributed by atoms with van der Waals surface area (Å²) in [6.45, 7) is 3.82. The third-order valence-corrected chi connectivity index (χ3v) is 9.06. The summed E-state index contributed by atoms with van der Waals surface area (Å²) in [5.41, 5.74) is 1.14. The van der Waals surface area contributed by atoms with Gasteiger partial charge in [-0.2, -0.15) is 0 Å². The fraction of sp³-hybridized carbons (Fsp3) is 0.529. The molecule has 1 saturated carbocycles. The molecule has 3 unspecified atom stereocenters. The van der Waals surface area contributed by atoms with Crippen LogP contribution in [0.25, 0.3) is 0 Å². The summed E-state index contributed by atoms with van der Waals surface area (Å²) in [5.74, 6) is -1.59. The van der Waals surface area contributed by atoms with Gasteiger partial charge in [0, 0.05) is 27.9 Å². The zero-order valence-electron chi connectivity index (χ0n) is 26.1. The van der Waals surface area contributed by atoms with Crippen molar-refractivity contribution in [3.63, 3.8) is 0 Å². The minimum Gasteiger partial charge on any atom is -0.467 e. The average molecular weight is 661 g/mol. The molecule has 3 N–H and O–H groups in total. The van der Waals surface area contributed by atoms with Crippen LogP contribution < -0.4 is 16.0 Å². The molecule has 0 aromatic heterocycles. The molecule has 1 saturated heterocycles.